The van der Waals surface area contributed by atoms with E-state index in [1.165, 1.54) is 44.4 Å². The number of benzene rings is 2. The zero-order valence-electron chi connectivity index (χ0n) is 18.3. The number of nitrogens with zero attached hydrogens (tertiary/aromatic N) is 1. The molecule has 33 heavy (non-hydrogen) atoms. The number of rotatable bonds is 8. The molecule has 1 amide bonds. The van der Waals surface area contributed by atoms with Crippen molar-refractivity contribution in [2.45, 2.75) is 6.04 Å². The van der Waals surface area contributed by atoms with Crippen molar-refractivity contribution >= 4 is 22.7 Å². The van der Waals surface area contributed by atoms with Crippen LogP contribution in [0.2, 0.25) is 0 Å². The number of ketones is 1. The molecule has 0 aliphatic carbocycles. The number of hydrogen-bond acceptors (Lipinski definition) is 8. The fourth-order valence-electron chi connectivity index (χ4n) is 3.96. The molecule has 9 heteroatoms. The highest BCUT2D eigenvalue weighted by Crippen LogP contribution is 2.42. The second-order valence-corrected chi connectivity index (χ2v) is 7.41. The maximum atomic E-state index is 13.6. The van der Waals surface area contributed by atoms with Gasteiger partial charge in [0.15, 0.2) is 34.4 Å². The van der Waals surface area contributed by atoms with Crippen molar-refractivity contribution in [1.82, 2.24) is 4.90 Å². The van der Waals surface area contributed by atoms with Crippen LogP contribution in [0.3, 0.4) is 0 Å². The Morgan fingerprint density at radius 3 is 2.52 bits per heavy atom. The fourth-order valence-corrected chi connectivity index (χ4v) is 3.96. The number of methoxy groups -OCH3 is 3. The monoisotopic (exact) mass is 453 g/mol. The number of phenolic OH excluding ortho intramolecular Hbond substituents is 1. The molecule has 2 N–H and O–H groups in total. The van der Waals surface area contributed by atoms with E-state index >= 15 is 0 Å². The SMILES string of the molecule is COCCN1C(=O)C(O)=C(C(=O)c2cc3cccc(OC)c3o2)C1c1ccc(O)c(OC)c1. The summed E-state index contributed by atoms with van der Waals surface area (Å²) in [7, 11) is 4.37. The second kappa shape index (κ2) is 8.87. The van der Waals surface area contributed by atoms with E-state index in [1.807, 2.05) is 0 Å². The summed E-state index contributed by atoms with van der Waals surface area (Å²) in [5.41, 5.74) is 0.712. The van der Waals surface area contributed by atoms with Crippen molar-refractivity contribution in [3.63, 3.8) is 0 Å². The Balaban J connectivity index is 1.83. The van der Waals surface area contributed by atoms with Gasteiger partial charge in [0.2, 0.25) is 5.78 Å². The number of aliphatic hydroxyl groups is 1. The van der Waals surface area contributed by atoms with Gasteiger partial charge in [-0.15, -0.1) is 0 Å². The maximum Gasteiger partial charge on any atom is 0.290 e. The van der Waals surface area contributed by atoms with Gasteiger partial charge in [0.05, 0.1) is 32.4 Å². The van der Waals surface area contributed by atoms with Crippen LogP contribution < -0.4 is 9.47 Å². The van der Waals surface area contributed by atoms with E-state index in [2.05, 4.69) is 0 Å². The Morgan fingerprint density at radius 2 is 1.82 bits per heavy atom. The van der Waals surface area contributed by atoms with Crippen LogP contribution in [0.4, 0.5) is 0 Å². The highest BCUT2D eigenvalue weighted by atomic mass is 16.5. The van der Waals surface area contributed by atoms with E-state index < -0.39 is 23.5 Å². The minimum absolute atomic E-state index is 0.0480. The number of amides is 1. The van der Waals surface area contributed by atoms with E-state index in [0.717, 1.165) is 0 Å². The molecule has 4 rings (SSSR count). The van der Waals surface area contributed by atoms with Crippen molar-refractivity contribution in [3.8, 4) is 17.2 Å². The third-order valence-corrected chi connectivity index (χ3v) is 5.56. The molecule has 1 aliphatic heterocycles. The number of para-hydroxylation sites is 1. The number of aromatic hydroxyl groups is 1. The van der Waals surface area contributed by atoms with Gasteiger partial charge in [-0.3, -0.25) is 9.59 Å². The molecule has 0 radical (unpaired) electrons. The normalized spacial score (nSPS) is 16.0. The molecule has 1 aliphatic rings. The van der Waals surface area contributed by atoms with Gasteiger partial charge in [-0.1, -0.05) is 18.2 Å². The van der Waals surface area contributed by atoms with E-state index in [1.54, 1.807) is 24.3 Å². The van der Waals surface area contributed by atoms with Crippen LogP contribution >= 0.6 is 0 Å². The third-order valence-electron chi connectivity index (χ3n) is 5.56. The first-order valence-corrected chi connectivity index (χ1v) is 10.1. The lowest BCUT2D eigenvalue weighted by Gasteiger charge is -2.26. The smallest absolute Gasteiger partial charge is 0.290 e. The lowest BCUT2D eigenvalue weighted by atomic mass is 9.94. The van der Waals surface area contributed by atoms with Crippen molar-refractivity contribution in [2.24, 2.45) is 0 Å². The molecule has 0 bridgehead atoms. The molecule has 172 valence electrons. The first-order chi connectivity index (χ1) is 15.9. The maximum absolute atomic E-state index is 13.6. The predicted molar refractivity (Wildman–Crippen MR) is 118 cm³/mol. The average Bonchev–Trinajstić information content (AvgIpc) is 3.37. The topological polar surface area (TPSA) is 119 Å². The molecule has 0 fully saturated rings. The Bertz CT molecular complexity index is 1260. The fraction of sp³-hybridized carbons (Fsp3) is 0.250. The van der Waals surface area contributed by atoms with Crippen molar-refractivity contribution in [3.05, 3.63) is 65.1 Å². The highest BCUT2D eigenvalue weighted by molar-refractivity contribution is 6.16. The standard InChI is InChI=1S/C24H23NO8/c1-30-10-9-25-20(13-7-8-15(26)17(11-13)32-3)19(22(28)24(25)29)21(27)18-12-14-5-4-6-16(31-2)23(14)33-18/h4-8,11-12,20,26,28H,9-10H2,1-3H3. The van der Waals surface area contributed by atoms with Gasteiger partial charge in [0.25, 0.3) is 5.91 Å². The van der Waals surface area contributed by atoms with Crippen LogP contribution in [0.1, 0.15) is 22.2 Å². The molecule has 1 atom stereocenters. The van der Waals surface area contributed by atoms with Gasteiger partial charge in [-0.25, -0.2) is 0 Å². The van der Waals surface area contributed by atoms with Crippen LogP contribution in [0, 0.1) is 0 Å². The van der Waals surface area contributed by atoms with Gasteiger partial charge in [0.1, 0.15) is 0 Å². The Labute approximate surface area is 189 Å². The summed E-state index contributed by atoms with van der Waals surface area (Å²) in [5, 5.41) is 21.4. The van der Waals surface area contributed by atoms with Crippen molar-refractivity contribution < 1.29 is 38.4 Å². The third kappa shape index (κ3) is 3.76. The largest absolute Gasteiger partial charge is 0.504 e. The number of phenols is 1. The zero-order valence-corrected chi connectivity index (χ0v) is 18.3. The van der Waals surface area contributed by atoms with E-state index in [-0.39, 0.29) is 36.0 Å². The molecular formula is C24H23NO8. The quantitative estimate of drug-likeness (QED) is 0.499. The van der Waals surface area contributed by atoms with Crippen LogP contribution in [-0.4, -0.2) is 61.3 Å². The molecule has 0 spiro atoms. The summed E-state index contributed by atoms with van der Waals surface area (Å²) in [4.78, 5) is 27.8. The molecular weight excluding hydrogens is 430 g/mol. The first-order valence-electron chi connectivity index (χ1n) is 10.1. The molecule has 0 saturated carbocycles. The van der Waals surface area contributed by atoms with E-state index in [0.29, 0.717) is 22.3 Å². The molecule has 1 aromatic heterocycles. The summed E-state index contributed by atoms with van der Waals surface area (Å²) in [6.07, 6.45) is 0. The number of carbonyl (C=O) groups excluding carboxylic acids is 2. The van der Waals surface area contributed by atoms with E-state index in [4.69, 9.17) is 18.6 Å². The number of carbonyl (C=O) groups is 2. The molecule has 3 aromatic rings. The lowest BCUT2D eigenvalue weighted by Crippen LogP contribution is -2.34. The lowest BCUT2D eigenvalue weighted by molar-refractivity contribution is -0.130. The molecule has 1 unspecified atom stereocenters. The van der Waals surface area contributed by atoms with E-state index in [9.17, 15) is 19.8 Å². The number of furan rings is 1. The number of ether oxygens (including phenoxy) is 3. The van der Waals surface area contributed by atoms with Crippen LogP contribution in [0.25, 0.3) is 11.0 Å². The average molecular weight is 453 g/mol. The van der Waals surface area contributed by atoms with Crippen molar-refractivity contribution in [2.75, 3.05) is 34.5 Å². The minimum atomic E-state index is -0.940. The number of hydrogen-bond donors (Lipinski definition) is 2. The minimum Gasteiger partial charge on any atom is -0.504 e. The summed E-state index contributed by atoms with van der Waals surface area (Å²) >= 11 is 0. The summed E-state index contributed by atoms with van der Waals surface area (Å²) < 4.78 is 21.4. The van der Waals surface area contributed by atoms with Gasteiger partial charge in [0, 0.05) is 19.0 Å². The van der Waals surface area contributed by atoms with Gasteiger partial charge >= 0.3 is 0 Å². The summed E-state index contributed by atoms with van der Waals surface area (Å²) in [5.74, 6) is -1.54. The molecule has 9 nitrogen and oxygen atoms in total. The first kappa shape index (κ1) is 22.2. The van der Waals surface area contributed by atoms with Crippen LogP contribution in [0.15, 0.2) is 58.2 Å². The van der Waals surface area contributed by atoms with Crippen molar-refractivity contribution in [1.29, 1.82) is 0 Å². The highest BCUT2D eigenvalue weighted by Gasteiger charge is 2.44. The predicted octanol–water partition coefficient (Wildman–Crippen LogP) is 3.38. The zero-order chi connectivity index (χ0) is 23.7. The molecule has 2 aromatic carbocycles. The van der Waals surface area contributed by atoms with Crippen LogP contribution in [-0.2, 0) is 9.53 Å². The Kier molecular flexibility index (Phi) is 5.97. The van der Waals surface area contributed by atoms with Gasteiger partial charge in [-0.2, -0.15) is 0 Å². The van der Waals surface area contributed by atoms with Gasteiger partial charge in [-0.05, 0) is 29.8 Å². The van der Waals surface area contributed by atoms with Crippen LogP contribution in [0.5, 0.6) is 17.2 Å². The second-order valence-electron chi connectivity index (χ2n) is 7.41. The molecule has 2 heterocycles. The van der Waals surface area contributed by atoms with Gasteiger partial charge < -0.3 is 33.7 Å². The summed E-state index contributed by atoms with van der Waals surface area (Å²) in [6.45, 7) is 0.312. The Hall–Kier alpha value is -3.98. The molecule has 0 saturated heterocycles. The Morgan fingerprint density at radius 1 is 1.06 bits per heavy atom. The summed E-state index contributed by atoms with van der Waals surface area (Å²) in [6, 6.07) is 10.3. The number of fused-ring (bicyclic) bond motifs is 1. The number of aliphatic hydroxyl groups excluding tert-OH is 1. The number of Topliss-reactive ketones (excluding diaryl/α,β-unsaturated/α-hetero) is 1.